The second-order valence-corrected chi connectivity index (χ2v) is 5.25. The van der Waals surface area contributed by atoms with Gasteiger partial charge in [0.15, 0.2) is 0 Å². The lowest BCUT2D eigenvalue weighted by atomic mass is 10.1. The summed E-state index contributed by atoms with van der Waals surface area (Å²) < 4.78 is 12.7. The fourth-order valence-electron chi connectivity index (χ4n) is 2.48. The molecular weight excluding hydrogens is 240 g/mol. The number of rotatable bonds is 10. The predicted octanol–water partition coefficient (Wildman–Crippen LogP) is 2.21. The van der Waals surface area contributed by atoms with Gasteiger partial charge in [-0.3, -0.25) is 0 Å². The van der Waals surface area contributed by atoms with Crippen LogP contribution in [0.4, 0.5) is 0 Å². The number of hydrogen-bond acceptors (Lipinski definition) is 3. The lowest BCUT2D eigenvalue weighted by molar-refractivity contribution is 0.0680. The van der Waals surface area contributed by atoms with Crippen molar-refractivity contribution >= 4 is 0 Å². The van der Waals surface area contributed by atoms with E-state index in [1.807, 2.05) is 0 Å². The molecule has 1 aromatic heterocycles. The van der Waals surface area contributed by atoms with Crippen LogP contribution in [0.3, 0.4) is 0 Å². The average Bonchev–Trinajstić information content (AvgIpc) is 3.14. The van der Waals surface area contributed by atoms with Crippen molar-refractivity contribution in [2.24, 2.45) is 5.92 Å². The fraction of sp³-hybridized carbons (Fsp3) is 0.733. The summed E-state index contributed by atoms with van der Waals surface area (Å²) in [5, 5.41) is 3.43. The van der Waals surface area contributed by atoms with Gasteiger partial charge in [0.25, 0.3) is 0 Å². The van der Waals surface area contributed by atoms with Gasteiger partial charge in [0.2, 0.25) is 0 Å². The molecule has 1 heterocycles. The van der Waals surface area contributed by atoms with Crippen molar-refractivity contribution < 1.29 is 9.47 Å². The Labute approximate surface area is 116 Å². The number of nitrogens with one attached hydrogen (secondary N) is 1. The summed E-state index contributed by atoms with van der Waals surface area (Å²) in [5.41, 5.74) is 1.42. The Morgan fingerprint density at radius 2 is 2.21 bits per heavy atom. The largest absolute Gasteiger partial charge is 0.382 e. The van der Waals surface area contributed by atoms with Gasteiger partial charge in [-0.05, 0) is 43.9 Å². The van der Waals surface area contributed by atoms with E-state index in [0.29, 0.717) is 19.3 Å². The molecule has 0 radical (unpaired) electrons. The molecule has 1 unspecified atom stereocenters. The molecule has 1 N–H and O–H groups in total. The van der Waals surface area contributed by atoms with Crippen molar-refractivity contribution in [1.29, 1.82) is 0 Å². The summed E-state index contributed by atoms with van der Waals surface area (Å²) in [6.07, 6.45) is 8.23. The van der Waals surface area contributed by atoms with E-state index in [2.05, 4.69) is 35.4 Å². The van der Waals surface area contributed by atoms with E-state index in [9.17, 15) is 0 Å². The third-order valence-corrected chi connectivity index (χ3v) is 3.67. The lowest BCUT2D eigenvalue weighted by Gasteiger charge is -2.13. The third kappa shape index (κ3) is 4.64. The van der Waals surface area contributed by atoms with Gasteiger partial charge in [-0.1, -0.05) is 0 Å². The molecule has 1 saturated carbocycles. The summed E-state index contributed by atoms with van der Waals surface area (Å²) in [4.78, 5) is 0. The monoisotopic (exact) mass is 266 g/mol. The molecule has 1 aliphatic rings. The normalized spacial score (nSPS) is 16.7. The van der Waals surface area contributed by atoms with Crippen LogP contribution >= 0.6 is 0 Å². The van der Waals surface area contributed by atoms with Crippen molar-refractivity contribution in [3.05, 3.63) is 24.0 Å². The van der Waals surface area contributed by atoms with E-state index >= 15 is 0 Å². The summed E-state index contributed by atoms with van der Waals surface area (Å²) in [6.45, 7) is 3.19. The first-order chi connectivity index (χ1) is 9.35. The Hall–Kier alpha value is -0.840. The lowest BCUT2D eigenvalue weighted by Crippen LogP contribution is -2.17. The molecular formula is C15H26N2O2. The minimum atomic E-state index is 0.541. The Kier molecular flexibility index (Phi) is 5.89. The molecule has 108 valence electrons. The average molecular weight is 266 g/mol. The molecule has 0 aromatic carbocycles. The highest BCUT2D eigenvalue weighted by Gasteiger charge is 2.31. The zero-order valence-electron chi connectivity index (χ0n) is 12.1. The molecule has 4 heteroatoms. The van der Waals surface area contributed by atoms with E-state index in [4.69, 9.17) is 9.47 Å². The van der Waals surface area contributed by atoms with Crippen LogP contribution in [0.2, 0.25) is 0 Å². The van der Waals surface area contributed by atoms with Gasteiger partial charge in [0.1, 0.15) is 0 Å². The van der Waals surface area contributed by atoms with Crippen molar-refractivity contribution in [1.82, 2.24) is 9.88 Å². The zero-order valence-corrected chi connectivity index (χ0v) is 12.1. The highest BCUT2D eigenvalue weighted by molar-refractivity contribution is 5.18. The Morgan fingerprint density at radius 3 is 2.89 bits per heavy atom. The first-order valence-electron chi connectivity index (χ1n) is 7.24. The van der Waals surface area contributed by atoms with E-state index in [0.717, 1.165) is 25.5 Å². The molecule has 0 spiro atoms. The molecule has 1 aromatic rings. The maximum Gasteiger partial charge on any atom is 0.0700 e. The van der Waals surface area contributed by atoms with Crippen LogP contribution < -0.4 is 5.32 Å². The molecule has 0 amide bonds. The number of aryl methyl sites for hydroxylation is 1. The van der Waals surface area contributed by atoms with E-state index in [-0.39, 0.29) is 0 Å². The van der Waals surface area contributed by atoms with Gasteiger partial charge in [-0.2, -0.15) is 0 Å². The van der Waals surface area contributed by atoms with Crippen molar-refractivity contribution in [3.8, 4) is 0 Å². The highest BCUT2D eigenvalue weighted by atomic mass is 16.5. The molecule has 0 saturated heterocycles. The standard InChI is InChI=1S/C15H26N2O2/c1-16-15(13-4-5-13)14-6-8-17(12-14)7-3-9-19-11-10-18-2/h6,8,12-13,15-16H,3-5,7,9-11H2,1-2H3. The number of aromatic nitrogens is 1. The molecule has 2 rings (SSSR count). The SMILES string of the molecule is CNC(c1ccn(CCCOCCOC)c1)C1CC1. The second kappa shape index (κ2) is 7.68. The van der Waals surface area contributed by atoms with Crippen LogP contribution in [0, 0.1) is 5.92 Å². The molecule has 19 heavy (non-hydrogen) atoms. The van der Waals surface area contributed by atoms with Crippen LogP contribution in [0.25, 0.3) is 0 Å². The summed E-state index contributed by atoms with van der Waals surface area (Å²) in [7, 11) is 3.76. The van der Waals surface area contributed by atoms with Gasteiger partial charge in [-0.25, -0.2) is 0 Å². The van der Waals surface area contributed by atoms with Crippen LogP contribution in [0.5, 0.6) is 0 Å². The second-order valence-electron chi connectivity index (χ2n) is 5.25. The predicted molar refractivity (Wildman–Crippen MR) is 76.3 cm³/mol. The van der Waals surface area contributed by atoms with Gasteiger partial charge in [-0.15, -0.1) is 0 Å². The molecule has 4 nitrogen and oxygen atoms in total. The van der Waals surface area contributed by atoms with Crippen LogP contribution in [-0.4, -0.2) is 38.5 Å². The molecule has 1 atom stereocenters. The zero-order chi connectivity index (χ0) is 13.5. The van der Waals surface area contributed by atoms with Crippen molar-refractivity contribution in [2.45, 2.75) is 31.8 Å². The minimum Gasteiger partial charge on any atom is -0.382 e. The Bertz CT molecular complexity index is 361. The molecule has 1 fully saturated rings. The van der Waals surface area contributed by atoms with Gasteiger partial charge in [0.05, 0.1) is 13.2 Å². The van der Waals surface area contributed by atoms with Crippen LogP contribution in [-0.2, 0) is 16.0 Å². The topological polar surface area (TPSA) is 35.4 Å². The summed E-state index contributed by atoms with van der Waals surface area (Å²) in [6, 6.07) is 2.78. The fourth-order valence-corrected chi connectivity index (χ4v) is 2.48. The van der Waals surface area contributed by atoms with Crippen LogP contribution in [0.15, 0.2) is 18.5 Å². The first kappa shape index (κ1) is 14.6. The first-order valence-corrected chi connectivity index (χ1v) is 7.24. The van der Waals surface area contributed by atoms with Gasteiger partial charge >= 0.3 is 0 Å². The molecule has 0 aliphatic heterocycles. The summed E-state index contributed by atoms with van der Waals surface area (Å²) in [5.74, 6) is 0.846. The van der Waals surface area contributed by atoms with Crippen LogP contribution in [0.1, 0.15) is 30.9 Å². The van der Waals surface area contributed by atoms with E-state index in [1.54, 1.807) is 7.11 Å². The van der Waals surface area contributed by atoms with Crippen molar-refractivity contribution in [3.63, 3.8) is 0 Å². The highest BCUT2D eigenvalue weighted by Crippen LogP contribution is 2.40. The van der Waals surface area contributed by atoms with E-state index < -0.39 is 0 Å². The smallest absolute Gasteiger partial charge is 0.0700 e. The molecule has 1 aliphatic carbocycles. The summed E-state index contributed by atoms with van der Waals surface area (Å²) >= 11 is 0. The van der Waals surface area contributed by atoms with E-state index in [1.165, 1.54) is 18.4 Å². The molecule has 0 bridgehead atoms. The number of nitrogens with zero attached hydrogens (tertiary/aromatic N) is 1. The number of hydrogen-bond donors (Lipinski definition) is 1. The minimum absolute atomic E-state index is 0.541. The van der Waals surface area contributed by atoms with Gasteiger partial charge < -0.3 is 19.4 Å². The maximum absolute atomic E-state index is 5.47. The number of ether oxygens (including phenoxy) is 2. The van der Waals surface area contributed by atoms with Gasteiger partial charge in [0, 0.05) is 38.7 Å². The Balaban J connectivity index is 1.68. The maximum atomic E-state index is 5.47. The Morgan fingerprint density at radius 1 is 1.37 bits per heavy atom. The third-order valence-electron chi connectivity index (χ3n) is 3.67. The quantitative estimate of drug-likeness (QED) is 0.660. The number of methoxy groups -OCH3 is 1. The van der Waals surface area contributed by atoms with Crippen molar-refractivity contribution in [2.75, 3.05) is 34.0 Å².